The number of hydrogen-bond acceptors (Lipinski definition) is 4. The first kappa shape index (κ1) is 18.8. The summed E-state index contributed by atoms with van der Waals surface area (Å²) in [5, 5.41) is 2.96. The van der Waals surface area contributed by atoms with Crippen LogP contribution in [-0.4, -0.2) is 36.4 Å². The van der Waals surface area contributed by atoms with E-state index >= 15 is 0 Å². The van der Waals surface area contributed by atoms with E-state index in [0.29, 0.717) is 37.4 Å². The molecule has 2 aromatic carbocycles. The minimum absolute atomic E-state index is 0.0172. The predicted octanol–water partition coefficient (Wildman–Crippen LogP) is 2.83. The van der Waals surface area contributed by atoms with Crippen LogP contribution in [0.15, 0.2) is 48.5 Å². The topological polar surface area (TPSA) is 84.7 Å². The highest BCUT2D eigenvalue weighted by Gasteiger charge is 2.27. The molecule has 1 saturated heterocycles. The molecule has 1 heterocycles. The molecule has 0 aromatic heterocycles. The lowest BCUT2D eigenvalue weighted by Gasteiger charge is -2.31. The SMILES string of the molecule is Cc1ccc(N)cc1NC(=O)C1CCN(C(=O)COc2ccccc2)CC1. The van der Waals surface area contributed by atoms with Crippen LogP contribution in [0.2, 0.25) is 0 Å². The molecule has 0 spiro atoms. The number of nitrogen functional groups attached to an aromatic ring is 1. The van der Waals surface area contributed by atoms with Crippen molar-refractivity contribution in [1.29, 1.82) is 0 Å². The van der Waals surface area contributed by atoms with Crippen LogP contribution in [0.5, 0.6) is 5.75 Å². The summed E-state index contributed by atoms with van der Waals surface area (Å²) in [6.45, 7) is 3.07. The lowest BCUT2D eigenvalue weighted by Crippen LogP contribution is -2.43. The third-order valence-corrected chi connectivity index (χ3v) is 4.84. The Kier molecular flexibility index (Phi) is 5.96. The van der Waals surface area contributed by atoms with Gasteiger partial charge in [-0.15, -0.1) is 0 Å². The Balaban J connectivity index is 1.47. The van der Waals surface area contributed by atoms with Crippen molar-refractivity contribution in [1.82, 2.24) is 4.90 Å². The number of aryl methyl sites for hydroxylation is 1. The van der Waals surface area contributed by atoms with E-state index in [1.807, 2.05) is 49.4 Å². The highest BCUT2D eigenvalue weighted by atomic mass is 16.5. The fourth-order valence-electron chi connectivity index (χ4n) is 3.15. The molecule has 6 heteroatoms. The van der Waals surface area contributed by atoms with Gasteiger partial charge in [-0.25, -0.2) is 0 Å². The molecule has 2 amide bonds. The van der Waals surface area contributed by atoms with Gasteiger partial charge in [-0.3, -0.25) is 9.59 Å². The first-order chi connectivity index (χ1) is 13.0. The van der Waals surface area contributed by atoms with E-state index in [9.17, 15) is 9.59 Å². The molecule has 0 radical (unpaired) electrons. The lowest BCUT2D eigenvalue weighted by molar-refractivity contribution is -0.136. The van der Waals surface area contributed by atoms with Gasteiger partial charge in [-0.05, 0) is 49.6 Å². The standard InChI is InChI=1S/C21H25N3O3/c1-15-7-8-17(22)13-19(15)23-21(26)16-9-11-24(12-10-16)20(25)14-27-18-5-3-2-4-6-18/h2-8,13,16H,9-12,14,22H2,1H3,(H,23,26). The van der Waals surface area contributed by atoms with Crippen molar-refractivity contribution < 1.29 is 14.3 Å². The van der Waals surface area contributed by atoms with E-state index in [1.165, 1.54) is 0 Å². The maximum Gasteiger partial charge on any atom is 0.260 e. The number of piperidine rings is 1. The molecule has 142 valence electrons. The number of carbonyl (C=O) groups excluding carboxylic acids is 2. The zero-order chi connectivity index (χ0) is 19.2. The number of nitrogens with one attached hydrogen (secondary N) is 1. The smallest absolute Gasteiger partial charge is 0.260 e. The second kappa shape index (κ2) is 8.58. The zero-order valence-corrected chi connectivity index (χ0v) is 15.5. The highest BCUT2D eigenvalue weighted by Crippen LogP contribution is 2.23. The number of carbonyl (C=O) groups is 2. The number of benzene rings is 2. The lowest BCUT2D eigenvalue weighted by atomic mass is 9.95. The van der Waals surface area contributed by atoms with Crippen molar-refractivity contribution in [3.63, 3.8) is 0 Å². The Morgan fingerprint density at radius 3 is 2.56 bits per heavy atom. The normalized spacial score (nSPS) is 14.6. The Hall–Kier alpha value is -3.02. The molecule has 0 aliphatic carbocycles. The average molecular weight is 367 g/mol. The summed E-state index contributed by atoms with van der Waals surface area (Å²) in [7, 11) is 0. The Morgan fingerprint density at radius 2 is 1.85 bits per heavy atom. The summed E-state index contributed by atoms with van der Waals surface area (Å²) >= 11 is 0. The maximum absolute atomic E-state index is 12.5. The van der Waals surface area contributed by atoms with Gasteiger partial charge in [0.15, 0.2) is 6.61 Å². The number of anilines is 2. The Labute approximate surface area is 159 Å². The average Bonchev–Trinajstić information content (AvgIpc) is 2.70. The van der Waals surface area contributed by atoms with Crippen molar-refractivity contribution in [2.75, 3.05) is 30.7 Å². The van der Waals surface area contributed by atoms with Gasteiger partial charge >= 0.3 is 0 Å². The van der Waals surface area contributed by atoms with Crippen molar-refractivity contribution >= 4 is 23.2 Å². The molecule has 27 heavy (non-hydrogen) atoms. The second-order valence-electron chi connectivity index (χ2n) is 6.82. The van der Waals surface area contributed by atoms with Crippen LogP contribution < -0.4 is 15.8 Å². The molecule has 0 atom stereocenters. The number of hydrogen-bond donors (Lipinski definition) is 2. The van der Waals surface area contributed by atoms with Crippen molar-refractivity contribution in [2.45, 2.75) is 19.8 Å². The summed E-state index contributed by atoms with van der Waals surface area (Å²) < 4.78 is 5.52. The summed E-state index contributed by atoms with van der Waals surface area (Å²) in [5.74, 6) is 0.503. The number of rotatable bonds is 5. The van der Waals surface area contributed by atoms with E-state index in [2.05, 4.69) is 5.32 Å². The van der Waals surface area contributed by atoms with Crippen molar-refractivity contribution in [2.24, 2.45) is 5.92 Å². The largest absolute Gasteiger partial charge is 0.484 e. The Bertz CT molecular complexity index is 800. The monoisotopic (exact) mass is 367 g/mol. The third-order valence-electron chi connectivity index (χ3n) is 4.84. The first-order valence-electron chi connectivity index (χ1n) is 9.15. The van der Waals surface area contributed by atoms with E-state index in [1.54, 1.807) is 11.0 Å². The van der Waals surface area contributed by atoms with Crippen LogP contribution in [0.4, 0.5) is 11.4 Å². The summed E-state index contributed by atoms with van der Waals surface area (Å²) in [6.07, 6.45) is 1.29. The van der Waals surface area contributed by atoms with E-state index in [0.717, 1.165) is 11.3 Å². The van der Waals surface area contributed by atoms with Gasteiger partial charge in [-0.2, -0.15) is 0 Å². The van der Waals surface area contributed by atoms with Gasteiger partial charge in [0.2, 0.25) is 5.91 Å². The molecule has 2 aromatic rings. The quantitative estimate of drug-likeness (QED) is 0.796. The summed E-state index contributed by atoms with van der Waals surface area (Å²) in [4.78, 5) is 26.6. The van der Waals surface area contributed by atoms with E-state index in [-0.39, 0.29) is 24.3 Å². The van der Waals surface area contributed by atoms with Crippen molar-refractivity contribution in [3.8, 4) is 5.75 Å². The molecule has 3 N–H and O–H groups in total. The van der Waals surface area contributed by atoms with Crippen LogP contribution in [0.25, 0.3) is 0 Å². The second-order valence-corrected chi connectivity index (χ2v) is 6.82. The number of likely N-dealkylation sites (tertiary alicyclic amines) is 1. The van der Waals surface area contributed by atoms with Crippen LogP contribution in [0.3, 0.4) is 0 Å². The number of nitrogens with two attached hydrogens (primary N) is 1. The molecular weight excluding hydrogens is 342 g/mol. The molecule has 1 fully saturated rings. The zero-order valence-electron chi connectivity index (χ0n) is 15.5. The molecule has 3 rings (SSSR count). The first-order valence-corrected chi connectivity index (χ1v) is 9.15. The summed E-state index contributed by atoms with van der Waals surface area (Å²) in [5.41, 5.74) is 8.14. The van der Waals surface area contributed by atoms with Crippen LogP contribution in [0.1, 0.15) is 18.4 Å². The Morgan fingerprint density at radius 1 is 1.15 bits per heavy atom. The van der Waals surface area contributed by atoms with Gasteiger partial charge in [0.05, 0.1) is 0 Å². The number of ether oxygens (including phenoxy) is 1. The van der Waals surface area contributed by atoms with Gasteiger partial charge in [0.25, 0.3) is 5.91 Å². The molecule has 0 unspecified atom stereocenters. The molecule has 6 nitrogen and oxygen atoms in total. The number of para-hydroxylation sites is 1. The fraction of sp³-hybridized carbons (Fsp3) is 0.333. The van der Waals surface area contributed by atoms with Gasteiger partial charge in [0.1, 0.15) is 5.75 Å². The van der Waals surface area contributed by atoms with Crippen LogP contribution in [-0.2, 0) is 9.59 Å². The molecule has 1 aliphatic heterocycles. The highest BCUT2D eigenvalue weighted by molar-refractivity contribution is 5.94. The minimum atomic E-state index is -0.107. The van der Waals surface area contributed by atoms with Crippen LogP contribution >= 0.6 is 0 Å². The summed E-state index contributed by atoms with van der Waals surface area (Å²) in [6, 6.07) is 14.7. The van der Waals surface area contributed by atoms with E-state index < -0.39 is 0 Å². The fourth-order valence-corrected chi connectivity index (χ4v) is 3.15. The molecule has 1 aliphatic rings. The van der Waals surface area contributed by atoms with Gasteiger partial charge < -0.3 is 20.7 Å². The predicted molar refractivity (Wildman–Crippen MR) is 105 cm³/mol. The molecule has 0 saturated carbocycles. The van der Waals surface area contributed by atoms with E-state index in [4.69, 9.17) is 10.5 Å². The third kappa shape index (κ3) is 5.00. The number of amides is 2. The molecule has 0 bridgehead atoms. The van der Waals surface area contributed by atoms with Crippen molar-refractivity contribution in [3.05, 3.63) is 54.1 Å². The maximum atomic E-state index is 12.5. The van der Waals surface area contributed by atoms with Crippen LogP contribution in [0, 0.1) is 12.8 Å². The minimum Gasteiger partial charge on any atom is -0.484 e. The van der Waals surface area contributed by atoms with Gasteiger partial charge in [-0.1, -0.05) is 24.3 Å². The molecular formula is C21H25N3O3. The van der Waals surface area contributed by atoms with Gasteiger partial charge in [0, 0.05) is 30.4 Å². The number of nitrogens with zero attached hydrogens (tertiary/aromatic N) is 1.